The number of methoxy groups -OCH3 is 1. The van der Waals surface area contributed by atoms with Gasteiger partial charge < -0.3 is 21.2 Å². The summed E-state index contributed by atoms with van der Waals surface area (Å²) in [7, 11) is 1.59. The number of nitrogens with zero attached hydrogens (tertiary/aromatic N) is 5. The lowest BCUT2D eigenvalue weighted by molar-refractivity contribution is -0.667. The zero-order chi connectivity index (χ0) is 22.1. The first-order valence-corrected chi connectivity index (χ1v) is 9.66. The standard InChI is InChI=1S/C20H22N8O3/c1-3-27-15-8-12(31-2)4-5-14(15)28(9-16(21)30)17(27)10-26(11-29)20-18(22)25-19-13(24-20)6-7-23-19/h4-8,11H,3,9-10H2,1-2H3,(H4-,21,22,23,24,25,30)/p+1. The van der Waals surface area contributed by atoms with Gasteiger partial charge in [0, 0.05) is 12.3 Å². The first kappa shape index (κ1) is 20.1. The predicted molar refractivity (Wildman–Crippen MR) is 114 cm³/mol. The van der Waals surface area contributed by atoms with Gasteiger partial charge in [0.1, 0.15) is 17.8 Å². The number of nitrogens with two attached hydrogens (primary N) is 2. The second-order valence-electron chi connectivity index (χ2n) is 6.94. The van der Waals surface area contributed by atoms with Crippen molar-refractivity contribution in [2.75, 3.05) is 17.7 Å². The Hall–Kier alpha value is -4.15. The Kier molecular flexibility index (Phi) is 5.15. The van der Waals surface area contributed by atoms with Gasteiger partial charge in [0.15, 0.2) is 34.9 Å². The van der Waals surface area contributed by atoms with Crippen LogP contribution in [0.1, 0.15) is 12.7 Å². The molecule has 4 aromatic rings. The van der Waals surface area contributed by atoms with E-state index in [1.807, 2.05) is 29.7 Å². The van der Waals surface area contributed by atoms with Gasteiger partial charge in [-0.3, -0.25) is 14.5 Å². The van der Waals surface area contributed by atoms with E-state index >= 15 is 0 Å². The number of primary amides is 1. The van der Waals surface area contributed by atoms with Gasteiger partial charge in [-0.15, -0.1) is 0 Å². The summed E-state index contributed by atoms with van der Waals surface area (Å²) in [6, 6.07) is 7.30. The molecule has 0 fully saturated rings. The van der Waals surface area contributed by atoms with Crippen LogP contribution in [0.15, 0.2) is 30.5 Å². The molecule has 0 atom stereocenters. The van der Waals surface area contributed by atoms with E-state index in [2.05, 4.69) is 15.0 Å². The number of hydrogen-bond donors (Lipinski definition) is 3. The van der Waals surface area contributed by atoms with Crippen molar-refractivity contribution in [3.8, 4) is 5.75 Å². The van der Waals surface area contributed by atoms with E-state index in [-0.39, 0.29) is 24.7 Å². The molecular formula is C20H23N8O3+. The molecule has 0 aliphatic carbocycles. The number of benzene rings is 1. The summed E-state index contributed by atoms with van der Waals surface area (Å²) in [5.74, 6) is 1.22. The van der Waals surface area contributed by atoms with Gasteiger partial charge in [-0.2, -0.15) is 0 Å². The second-order valence-corrected chi connectivity index (χ2v) is 6.94. The Labute approximate surface area is 177 Å². The van der Waals surface area contributed by atoms with Gasteiger partial charge in [0.2, 0.25) is 6.41 Å². The number of aromatic amines is 1. The summed E-state index contributed by atoms with van der Waals surface area (Å²) < 4.78 is 9.14. The molecule has 1 aromatic carbocycles. The van der Waals surface area contributed by atoms with Gasteiger partial charge in [0.25, 0.3) is 11.7 Å². The first-order chi connectivity index (χ1) is 15.0. The smallest absolute Gasteiger partial charge is 0.278 e. The number of carbonyl (C=O) groups is 2. The average molecular weight is 423 g/mol. The third-order valence-electron chi connectivity index (χ3n) is 5.12. The van der Waals surface area contributed by atoms with Crippen molar-refractivity contribution in [3.63, 3.8) is 0 Å². The molecule has 0 aliphatic heterocycles. The molecular weight excluding hydrogens is 400 g/mol. The summed E-state index contributed by atoms with van der Waals surface area (Å²) in [5, 5.41) is 0. The van der Waals surface area contributed by atoms with Gasteiger partial charge in [-0.05, 0) is 25.1 Å². The lowest BCUT2D eigenvalue weighted by Gasteiger charge is -2.16. The van der Waals surface area contributed by atoms with Crippen molar-refractivity contribution in [2.24, 2.45) is 5.73 Å². The highest BCUT2D eigenvalue weighted by Crippen LogP contribution is 2.25. The summed E-state index contributed by atoms with van der Waals surface area (Å²) in [5.41, 5.74) is 14.4. The average Bonchev–Trinajstić information content (AvgIpc) is 3.32. The van der Waals surface area contributed by atoms with Crippen LogP contribution in [0.2, 0.25) is 0 Å². The third kappa shape index (κ3) is 3.50. The van der Waals surface area contributed by atoms with E-state index < -0.39 is 5.91 Å². The Morgan fingerprint density at radius 3 is 2.84 bits per heavy atom. The van der Waals surface area contributed by atoms with Gasteiger partial charge in [-0.25, -0.2) is 19.1 Å². The Morgan fingerprint density at radius 2 is 2.16 bits per heavy atom. The third-order valence-corrected chi connectivity index (χ3v) is 5.12. The number of fused-ring (bicyclic) bond motifs is 2. The zero-order valence-electron chi connectivity index (χ0n) is 17.2. The topological polar surface area (TPSA) is 149 Å². The van der Waals surface area contributed by atoms with Crippen molar-refractivity contribution in [1.82, 2.24) is 19.5 Å². The number of nitrogen functional groups attached to an aromatic ring is 1. The highest BCUT2D eigenvalue weighted by Gasteiger charge is 2.29. The van der Waals surface area contributed by atoms with Crippen LogP contribution in [0.3, 0.4) is 0 Å². The molecule has 0 unspecified atom stereocenters. The van der Waals surface area contributed by atoms with Crippen LogP contribution in [0.4, 0.5) is 11.6 Å². The molecule has 3 heterocycles. The second kappa shape index (κ2) is 7.94. The lowest BCUT2D eigenvalue weighted by Crippen LogP contribution is -2.46. The summed E-state index contributed by atoms with van der Waals surface area (Å²) >= 11 is 0. The molecule has 0 spiro atoms. The zero-order valence-corrected chi connectivity index (χ0v) is 17.2. The minimum atomic E-state index is -0.497. The molecule has 0 saturated carbocycles. The number of H-pyrrole nitrogens is 1. The van der Waals surface area contributed by atoms with Crippen molar-refractivity contribution < 1.29 is 18.9 Å². The highest BCUT2D eigenvalue weighted by atomic mass is 16.5. The van der Waals surface area contributed by atoms with Gasteiger partial charge in [-0.1, -0.05) is 0 Å². The molecule has 11 nitrogen and oxygen atoms in total. The fourth-order valence-electron chi connectivity index (χ4n) is 3.75. The monoisotopic (exact) mass is 423 g/mol. The maximum absolute atomic E-state index is 12.0. The van der Waals surface area contributed by atoms with Crippen molar-refractivity contribution >= 4 is 46.2 Å². The first-order valence-electron chi connectivity index (χ1n) is 9.66. The van der Waals surface area contributed by atoms with Crippen LogP contribution in [0, 0.1) is 0 Å². The van der Waals surface area contributed by atoms with Crippen LogP contribution < -0.4 is 25.7 Å². The van der Waals surface area contributed by atoms with E-state index in [0.717, 1.165) is 11.0 Å². The van der Waals surface area contributed by atoms with E-state index in [9.17, 15) is 9.59 Å². The predicted octanol–water partition coefficient (Wildman–Crippen LogP) is 0.459. The van der Waals surface area contributed by atoms with E-state index in [1.165, 1.54) is 4.90 Å². The number of carbonyl (C=O) groups excluding carboxylic acids is 2. The highest BCUT2D eigenvalue weighted by molar-refractivity contribution is 5.84. The molecule has 2 amide bonds. The van der Waals surface area contributed by atoms with Crippen LogP contribution in [-0.4, -0.2) is 38.9 Å². The number of aryl methyl sites for hydroxylation is 1. The maximum Gasteiger partial charge on any atom is 0.278 e. The molecule has 31 heavy (non-hydrogen) atoms. The Bertz CT molecular complexity index is 1290. The van der Waals surface area contributed by atoms with Gasteiger partial charge in [0.05, 0.1) is 13.7 Å². The molecule has 0 radical (unpaired) electrons. The van der Waals surface area contributed by atoms with Crippen molar-refractivity contribution in [2.45, 2.75) is 26.6 Å². The number of nitrogens with one attached hydrogen (secondary N) is 1. The van der Waals surface area contributed by atoms with Crippen LogP contribution >= 0.6 is 0 Å². The van der Waals surface area contributed by atoms with E-state index in [0.29, 0.717) is 35.7 Å². The summed E-state index contributed by atoms with van der Waals surface area (Å²) in [6.07, 6.45) is 2.34. The number of ether oxygens (including phenoxy) is 1. The molecule has 160 valence electrons. The number of aromatic nitrogens is 5. The lowest BCUT2D eigenvalue weighted by atomic mass is 10.3. The number of rotatable bonds is 8. The number of anilines is 2. The summed E-state index contributed by atoms with van der Waals surface area (Å²) in [4.78, 5) is 36.9. The molecule has 3 aromatic heterocycles. The van der Waals surface area contributed by atoms with E-state index in [4.69, 9.17) is 16.2 Å². The van der Waals surface area contributed by atoms with Crippen LogP contribution in [0.25, 0.3) is 22.2 Å². The quantitative estimate of drug-likeness (QED) is 0.277. The van der Waals surface area contributed by atoms with Crippen LogP contribution in [-0.2, 0) is 29.2 Å². The minimum Gasteiger partial charge on any atom is -0.497 e. The number of imidazole rings is 1. The fourth-order valence-corrected chi connectivity index (χ4v) is 3.75. The van der Waals surface area contributed by atoms with Crippen molar-refractivity contribution in [1.29, 1.82) is 0 Å². The van der Waals surface area contributed by atoms with Gasteiger partial charge >= 0.3 is 0 Å². The molecule has 0 bridgehead atoms. The fraction of sp³-hybridized carbons (Fsp3) is 0.250. The summed E-state index contributed by atoms with van der Waals surface area (Å²) in [6.45, 7) is 2.63. The largest absolute Gasteiger partial charge is 0.497 e. The molecule has 11 heteroatoms. The number of hydrogen-bond acceptors (Lipinski definition) is 6. The minimum absolute atomic E-state index is 0.0458. The van der Waals surface area contributed by atoms with Crippen LogP contribution in [0.5, 0.6) is 5.75 Å². The van der Waals surface area contributed by atoms with E-state index in [1.54, 1.807) is 23.9 Å². The normalized spacial score (nSPS) is 11.2. The Balaban J connectivity index is 1.87. The molecule has 4 rings (SSSR count). The molecule has 5 N–H and O–H groups in total. The van der Waals surface area contributed by atoms with Crippen molar-refractivity contribution in [3.05, 3.63) is 36.3 Å². The maximum atomic E-state index is 12.0. The number of amides is 2. The molecule has 0 aliphatic rings. The Morgan fingerprint density at radius 1 is 1.35 bits per heavy atom. The SMILES string of the molecule is CCn1c(CN(C=O)c2nc3cc[nH]c3nc2N)[n+](CC(N)=O)c2ccc(OC)cc21. The molecule has 0 saturated heterocycles.